The minimum atomic E-state index is -0.870. The van der Waals surface area contributed by atoms with Gasteiger partial charge in [-0.05, 0) is 45.3 Å². The van der Waals surface area contributed by atoms with Crippen molar-refractivity contribution in [1.29, 1.82) is 0 Å². The molecule has 2 N–H and O–H groups in total. The maximum absolute atomic E-state index is 11.9. The molecule has 0 radical (unpaired) electrons. The second-order valence-electron chi connectivity index (χ2n) is 4.75. The Morgan fingerprint density at radius 1 is 1.56 bits per heavy atom. The number of carbonyl (C=O) groups excluding carboxylic acids is 1. The summed E-state index contributed by atoms with van der Waals surface area (Å²) in [5.74, 6) is 1.99. The average Bonchev–Trinajstić information content (AvgIpc) is 2.63. The van der Waals surface area contributed by atoms with Crippen molar-refractivity contribution in [3.05, 3.63) is 23.2 Å². The van der Waals surface area contributed by atoms with E-state index in [-0.39, 0.29) is 12.5 Å². The van der Waals surface area contributed by atoms with Gasteiger partial charge in [-0.1, -0.05) is 0 Å². The lowest BCUT2D eigenvalue weighted by Crippen LogP contribution is -2.41. The van der Waals surface area contributed by atoms with Crippen molar-refractivity contribution in [2.24, 2.45) is 0 Å². The summed E-state index contributed by atoms with van der Waals surface area (Å²) in [7, 11) is 0. The van der Waals surface area contributed by atoms with Crippen molar-refractivity contribution in [2.75, 3.05) is 18.6 Å². The summed E-state index contributed by atoms with van der Waals surface area (Å²) < 4.78 is 5.31. The summed E-state index contributed by atoms with van der Waals surface area (Å²) in [5, 5.41) is 12.8. The Labute approximate surface area is 112 Å². The summed E-state index contributed by atoms with van der Waals surface area (Å²) in [6, 6.07) is 1.71. The van der Waals surface area contributed by atoms with Crippen molar-refractivity contribution < 1.29 is 14.3 Å². The number of hydrogen-bond donors (Lipinski definition) is 2. The van der Waals surface area contributed by atoms with Crippen molar-refractivity contribution in [3.63, 3.8) is 0 Å². The Balaban J connectivity index is 2.53. The van der Waals surface area contributed by atoms with Gasteiger partial charge in [0.1, 0.15) is 11.5 Å². The van der Waals surface area contributed by atoms with Crippen molar-refractivity contribution in [3.8, 4) is 0 Å². The molecule has 1 heterocycles. The molecule has 1 rings (SSSR count). The molecule has 5 heteroatoms. The number of aliphatic hydroxyl groups is 1. The maximum atomic E-state index is 11.9. The molecule has 18 heavy (non-hydrogen) atoms. The van der Waals surface area contributed by atoms with Gasteiger partial charge in [-0.3, -0.25) is 4.79 Å². The molecule has 0 aliphatic heterocycles. The highest BCUT2D eigenvalue weighted by molar-refractivity contribution is 7.98. The fourth-order valence-corrected chi connectivity index (χ4v) is 2.28. The Morgan fingerprint density at radius 2 is 2.22 bits per heavy atom. The fraction of sp³-hybridized carbons (Fsp3) is 0.615. The summed E-state index contributed by atoms with van der Waals surface area (Å²) in [6.07, 6.45) is 2.64. The molecular weight excluding hydrogens is 250 g/mol. The number of rotatable bonds is 6. The molecule has 0 fully saturated rings. The number of nitrogens with one attached hydrogen (secondary N) is 1. The normalized spacial score (nSPS) is 14.3. The van der Waals surface area contributed by atoms with E-state index in [9.17, 15) is 9.90 Å². The van der Waals surface area contributed by atoms with Gasteiger partial charge in [0.25, 0.3) is 5.91 Å². The Bertz CT molecular complexity index is 412. The first-order valence-electron chi connectivity index (χ1n) is 5.92. The lowest BCUT2D eigenvalue weighted by molar-refractivity contribution is 0.0528. The van der Waals surface area contributed by atoms with E-state index in [4.69, 9.17) is 4.42 Å². The summed E-state index contributed by atoms with van der Waals surface area (Å²) in [5.41, 5.74) is -0.334. The van der Waals surface area contributed by atoms with Crippen LogP contribution in [0.25, 0.3) is 0 Å². The Hall–Kier alpha value is -0.940. The van der Waals surface area contributed by atoms with Crippen molar-refractivity contribution in [1.82, 2.24) is 5.32 Å². The average molecular weight is 271 g/mol. The van der Waals surface area contributed by atoms with E-state index in [0.717, 1.165) is 5.75 Å². The van der Waals surface area contributed by atoms with Gasteiger partial charge in [0, 0.05) is 6.54 Å². The summed E-state index contributed by atoms with van der Waals surface area (Å²) in [4.78, 5) is 11.9. The molecule has 0 aromatic carbocycles. The van der Waals surface area contributed by atoms with Gasteiger partial charge < -0.3 is 14.8 Å². The zero-order chi connectivity index (χ0) is 13.8. The third-order valence-electron chi connectivity index (χ3n) is 2.76. The van der Waals surface area contributed by atoms with Gasteiger partial charge in [0.2, 0.25) is 0 Å². The molecule has 4 nitrogen and oxygen atoms in total. The zero-order valence-electron chi connectivity index (χ0n) is 11.4. The van der Waals surface area contributed by atoms with E-state index in [1.165, 1.54) is 0 Å². The van der Waals surface area contributed by atoms with Gasteiger partial charge in [0.15, 0.2) is 0 Å². The SMILES string of the molecule is CSCC[C@](C)(O)CNC(=O)c1cc(C)oc1C. The van der Waals surface area contributed by atoms with E-state index in [1.807, 2.05) is 6.26 Å². The monoisotopic (exact) mass is 271 g/mol. The highest BCUT2D eigenvalue weighted by Gasteiger charge is 2.22. The molecular formula is C13H21NO3S. The van der Waals surface area contributed by atoms with Crippen molar-refractivity contribution in [2.45, 2.75) is 32.8 Å². The van der Waals surface area contributed by atoms with Gasteiger partial charge >= 0.3 is 0 Å². The van der Waals surface area contributed by atoms with Gasteiger partial charge in [-0.15, -0.1) is 0 Å². The molecule has 0 aliphatic carbocycles. The quantitative estimate of drug-likeness (QED) is 0.832. The van der Waals surface area contributed by atoms with Gasteiger partial charge in [0.05, 0.1) is 11.2 Å². The maximum Gasteiger partial charge on any atom is 0.254 e. The van der Waals surface area contributed by atoms with Crippen LogP contribution in [0.15, 0.2) is 10.5 Å². The number of furan rings is 1. The van der Waals surface area contributed by atoms with Gasteiger partial charge in [-0.2, -0.15) is 11.8 Å². The molecule has 1 amide bonds. The van der Waals surface area contributed by atoms with Crippen LogP contribution in [0.2, 0.25) is 0 Å². The third-order valence-corrected chi connectivity index (χ3v) is 3.37. The van der Waals surface area contributed by atoms with E-state index < -0.39 is 5.60 Å². The lowest BCUT2D eigenvalue weighted by atomic mass is 10.0. The standard InChI is InChI=1S/C13H21NO3S/c1-9-7-11(10(2)17-9)12(15)14-8-13(3,16)5-6-18-4/h7,16H,5-6,8H2,1-4H3,(H,14,15)/t13-/m0/s1. The first-order chi connectivity index (χ1) is 8.35. The largest absolute Gasteiger partial charge is 0.466 e. The predicted molar refractivity (Wildman–Crippen MR) is 74.1 cm³/mol. The van der Waals surface area contributed by atoms with Crippen LogP contribution in [0.4, 0.5) is 0 Å². The van der Waals surface area contributed by atoms with E-state index >= 15 is 0 Å². The molecule has 0 aliphatic rings. The fourth-order valence-electron chi connectivity index (χ4n) is 1.63. The van der Waals surface area contributed by atoms with Gasteiger partial charge in [-0.25, -0.2) is 0 Å². The van der Waals surface area contributed by atoms with Crippen LogP contribution in [-0.4, -0.2) is 35.2 Å². The molecule has 0 unspecified atom stereocenters. The Kier molecular flexibility index (Phi) is 5.28. The Morgan fingerprint density at radius 3 is 2.72 bits per heavy atom. The number of carbonyl (C=O) groups is 1. The number of thioether (sulfide) groups is 1. The smallest absolute Gasteiger partial charge is 0.254 e. The van der Waals surface area contributed by atoms with E-state index in [2.05, 4.69) is 5.32 Å². The number of aryl methyl sites for hydroxylation is 2. The third kappa shape index (κ3) is 4.38. The van der Waals surface area contributed by atoms with Crippen LogP contribution in [-0.2, 0) is 0 Å². The molecule has 0 bridgehead atoms. The molecule has 0 spiro atoms. The highest BCUT2D eigenvalue weighted by Crippen LogP contribution is 2.15. The van der Waals surface area contributed by atoms with E-state index in [0.29, 0.717) is 23.5 Å². The van der Waals surface area contributed by atoms with Crippen LogP contribution >= 0.6 is 11.8 Å². The molecule has 1 aromatic rings. The minimum Gasteiger partial charge on any atom is -0.466 e. The second kappa shape index (κ2) is 6.29. The lowest BCUT2D eigenvalue weighted by Gasteiger charge is -2.23. The second-order valence-corrected chi connectivity index (χ2v) is 5.73. The predicted octanol–water partition coefficient (Wildman–Crippen LogP) is 2.13. The topological polar surface area (TPSA) is 62.5 Å². The van der Waals surface area contributed by atoms with Crippen LogP contribution < -0.4 is 5.32 Å². The zero-order valence-corrected chi connectivity index (χ0v) is 12.2. The molecule has 0 saturated carbocycles. The van der Waals surface area contributed by atoms with E-state index in [1.54, 1.807) is 38.6 Å². The number of amides is 1. The van der Waals surface area contributed by atoms with Crippen molar-refractivity contribution >= 4 is 17.7 Å². The molecule has 1 atom stereocenters. The summed E-state index contributed by atoms with van der Waals surface area (Å²) >= 11 is 1.68. The molecule has 0 saturated heterocycles. The highest BCUT2D eigenvalue weighted by atomic mass is 32.2. The van der Waals surface area contributed by atoms with Crippen LogP contribution in [0, 0.1) is 13.8 Å². The minimum absolute atomic E-state index is 0.200. The molecule has 102 valence electrons. The number of hydrogen-bond acceptors (Lipinski definition) is 4. The van der Waals surface area contributed by atoms with Crippen LogP contribution in [0.5, 0.6) is 0 Å². The van der Waals surface area contributed by atoms with Crippen LogP contribution in [0.1, 0.15) is 35.2 Å². The van der Waals surface area contributed by atoms with Crippen LogP contribution in [0.3, 0.4) is 0 Å². The first kappa shape index (κ1) is 15.1. The molecule has 1 aromatic heterocycles. The first-order valence-corrected chi connectivity index (χ1v) is 7.31. The summed E-state index contributed by atoms with van der Waals surface area (Å²) in [6.45, 7) is 5.54.